The van der Waals surface area contributed by atoms with E-state index in [-0.39, 0.29) is 12.5 Å². The van der Waals surface area contributed by atoms with Crippen molar-refractivity contribution in [1.82, 2.24) is 4.90 Å². The molecule has 5 nitrogen and oxygen atoms in total. The van der Waals surface area contributed by atoms with Crippen molar-refractivity contribution in [3.63, 3.8) is 0 Å². The Morgan fingerprint density at radius 2 is 1.90 bits per heavy atom. The molecule has 150 valence electrons. The van der Waals surface area contributed by atoms with Crippen LogP contribution in [-0.2, 0) is 11.3 Å². The van der Waals surface area contributed by atoms with Crippen LogP contribution in [0.25, 0.3) is 6.08 Å². The van der Waals surface area contributed by atoms with Gasteiger partial charge in [0.05, 0.1) is 23.9 Å². The maximum atomic E-state index is 14.0. The van der Waals surface area contributed by atoms with E-state index >= 15 is 0 Å². The smallest absolute Gasteiger partial charge is 0.267 e. The van der Waals surface area contributed by atoms with Gasteiger partial charge in [-0.25, -0.2) is 4.39 Å². The van der Waals surface area contributed by atoms with Crippen LogP contribution in [0, 0.1) is 5.82 Å². The summed E-state index contributed by atoms with van der Waals surface area (Å²) in [7, 11) is 0. The minimum absolute atomic E-state index is 0.208. The molecule has 30 heavy (non-hydrogen) atoms. The summed E-state index contributed by atoms with van der Waals surface area (Å²) in [6.45, 7) is 0.208. The van der Waals surface area contributed by atoms with Crippen LogP contribution >= 0.6 is 27.7 Å². The molecule has 8 heteroatoms. The van der Waals surface area contributed by atoms with Crippen molar-refractivity contribution in [2.45, 2.75) is 6.54 Å². The van der Waals surface area contributed by atoms with Crippen molar-refractivity contribution < 1.29 is 13.6 Å². The lowest BCUT2D eigenvalue weighted by molar-refractivity contribution is -0.122. The zero-order valence-corrected chi connectivity index (χ0v) is 17.9. The Bertz CT molecular complexity index is 1140. The normalized spacial score (nSPS) is 17.0. The summed E-state index contributed by atoms with van der Waals surface area (Å²) < 4.78 is 20.4. The highest BCUT2D eigenvalue weighted by atomic mass is 79.9. The van der Waals surface area contributed by atoms with Crippen molar-refractivity contribution in [1.29, 1.82) is 0 Å². The van der Waals surface area contributed by atoms with E-state index in [4.69, 9.17) is 4.42 Å². The third-order valence-corrected chi connectivity index (χ3v) is 5.72. The average Bonchev–Trinajstić information content (AvgIpc) is 3.35. The van der Waals surface area contributed by atoms with Crippen LogP contribution in [-0.4, -0.2) is 22.2 Å². The van der Waals surface area contributed by atoms with Gasteiger partial charge >= 0.3 is 0 Å². The van der Waals surface area contributed by atoms with Crippen LogP contribution in [0.4, 0.5) is 4.39 Å². The standard InChI is InChI=1S/C22H15BrFN3O2S/c23-17-9-7-15(8-10-17)13-25-26-22-27(14-18-5-3-11-29-18)21(28)20(30-22)12-16-4-1-2-6-19(16)24/h1-13H,14H2/b20-12-,25-13-,26-22+. The second-order valence-corrected chi connectivity index (χ2v) is 8.21. The predicted octanol–water partition coefficient (Wildman–Crippen LogP) is 5.69. The molecule has 4 rings (SSSR count). The molecule has 3 aromatic rings. The molecule has 2 aromatic carbocycles. The number of nitrogens with zero attached hydrogens (tertiary/aromatic N) is 3. The monoisotopic (exact) mass is 483 g/mol. The fourth-order valence-corrected chi connectivity index (χ4v) is 3.90. The number of halogens is 2. The molecule has 0 bridgehead atoms. The Kier molecular flexibility index (Phi) is 6.25. The number of benzene rings is 2. The second kappa shape index (κ2) is 9.23. The molecule has 0 spiro atoms. The first-order valence-corrected chi connectivity index (χ1v) is 10.6. The van der Waals surface area contributed by atoms with Crippen LogP contribution in [0.15, 0.2) is 90.9 Å². The molecule has 1 aromatic heterocycles. The zero-order valence-electron chi connectivity index (χ0n) is 15.5. The van der Waals surface area contributed by atoms with Crippen LogP contribution in [0.2, 0.25) is 0 Å². The molecule has 1 amide bonds. The highest BCUT2D eigenvalue weighted by Crippen LogP contribution is 2.34. The number of thioether (sulfide) groups is 1. The molecule has 0 radical (unpaired) electrons. The van der Waals surface area contributed by atoms with Gasteiger partial charge in [0.15, 0.2) is 5.17 Å². The molecule has 0 aliphatic carbocycles. The van der Waals surface area contributed by atoms with Gasteiger partial charge in [0.25, 0.3) is 5.91 Å². The minimum Gasteiger partial charge on any atom is -0.467 e. The number of furan rings is 1. The van der Waals surface area contributed by atoms with Gasteiger partial charge in [-0.05, 0) is 53.7 Å². The van der Waals surface area contributed by atoms with E-state index in [1.165, 1.54) is 17.0 Å². The first kappa shape index (κ1) is 20.3. The fourth-order valence-electron chi connectivity index (χ4n) is 2.71. The minimum atomic E-state index is -0.394. The lowest BCUT2D eigenvalue weighted by Gasteiger charge is -2.12. The Balaban J connectivity index is 1.63. The van der Waals surface area contributed by atoms with Crippen molar-refractivity contribution in [2.75, 3.05) is 0 Å². The third kappa shape index (κ3) is 4.77. The van der Waals surface area contributed by atoms with Crippen LogP contribution in [0.5, 0.6) is 0 Å². The SMILES string of the molecule is O=C1/C(=C/c2ccccc2F)S/C(=N/N=C\c2ccc(Br)cc2)N1Cc1ccco1. The quantitative estimate of drug-likeness (QED) is 0.266. The first-order valence-electron chi connectivity index (χ1n) is 8.95. The van der Waals surface area contributed by atoms with Gasteiger partial charge in [0.1, 0.15) is 11.6 Å². The van der Waals surface area contributed by atoms with Crippen LogP contribution < -0.4 is 0 Å². The Labute approximate surface area is 185 Å². The second-order valence-electron chi connectivity index (χ2n) is 6.28. The topological polar surface area (TPSA) is 58.2 Å². The number of amidine groups is 1. The van der Waals surface area contributed by atoms with Gasteiger partial charge in [-0.15, -0.1) is 5.10 Å². The summed E-state index contributed by atoms with van der Waals surface area (Å²) in [6.07, 6.45) is 4.67. The summed E-state index contributed by atoms with van der Waals surface area (Å²) in [5.74, 6) is -0.0624. The van der Waals surface area contributed by atoms with Gasteiger partial charge in [-0.3, -0.25) is 9.69 Å². The number of amides is 1. The molecule has 0 unspecified atom stereocenters. The Morgan fingerprint density at radius 1 is 1.10 bits per heavy atom. The molecule has 1 aliphatic rings. The van der Waals surface area contributed by atoms with Crippen molar-refractivity contribution in [3.8, 4) is 0 Å². The largest absolute Gasteiger partial charge is 0.467 e. The van der Waals surface area contributed by atoms with E-state index in [1.807, 2.05) is 24.3 Å². The Hall–Kier alpha value is -2.97. The fraction of sp³-hybridized carbons (Fsp3) is 0.0455. The summed E-state index contributed by atoms with van der Waals surface area (Å²) in [5, 5.41) is 8.76. The molecule has 0 saturated carbocycles. The van der Waals surface area contributed by atoms with Crippen LogP contribution in [0.3, 0.4) is 0 Å². The molecular formula is C22H15BrFN3O2S. The van der Waals surface area contributed by atoms with Crippen molar-refractivity contribution >= 4 is 51.1 Å². The van der Waals surface area contributed by atoms with E-state index in [0.29, 0.717) is 21.4 Å². The Morgan fingerprint density at radius 3 is 2.63 bits per heavy atom. The molecule has 2 heterocycles. The summed E-state index contributed by atoms with van der Waals surface area (Å²) in [4.78, 5) is 14.8. The zero-order chi connectivity index (χ0) is 20.9. The predicted molar refractivity (Wildman–Crippen MR) is 120 cm³/mol. The third-order valence-electron chi connectivity index (χ3n) is 4.19. The molecular weight excluding hydrogens is 469 g/mol. The van der Waals surface area contributed by atoms with E-state index in [2.05, 4.69) is 26.1 Å². The lowest BCUT2D eigenvalue weighted by Crippen LogP contribution is -2.28. The number of rotatable bonds is 5. The summed E-state index contributed by atoms with van der Waals surface area (Å²) in [6, 6.07) is 17.4. The van der Waals surface area contributed by atoms with Crippen molar-refractivity contribution in [3.05, 3.63) is 99.0 Å². The van der Waals surface area contributed by atoms with Crippen molar-refractivity contribution in [2.24, 2.45) is 10.2 Å². The maximum Gasteiger partial charge on any atom is 0.267 e. The summed E-state index contributed by atoms with van der Waals surface area (Å²) >= 11 is 4.54. The van der Waals surface area contributed by atoms with E-state index < -0.39 is 5.82 Å². The van der Waals surface area contributed by atoms with Crippen LogP contribution in [0.1, 0.15) is 16.9 Å². The van der Waals surface area contributed by atoms with E-state index in [9.17, 15) is 9.18 Å². The maximum absolute atomic E-state index is 14.0. The molecule has 1 aliphatic heterocycles. The number of hydrogen-bond acceptors (Lipinski definition) is 5. The van der Waals surface area contributed by atoms with Gasteiger partial charge in [0, 0.05) is 10.0 Å². The molecule has 0 atom stereocenters. The van der Waals surface area contributed by atoms with Gasteiger partial charge in [0.2, 0.25) is 0 Å². The average molecular weight is 484 g/mol. The highest BCUT2D eigenvalue weighted by Gasteiger charge is 2.34. The van der Waals surface area contributed by atoms with Gasteiger partial charge in [-0.1, -0.05) is 46.3 Å². The van der Waals surface area contributed by atoms with E-state index in [1.54, 1.807) is 42.8 Å². The van der Waals surface area contributed by atoms with Gasteiger partial charge in [-0.2, -0.15) is 5.10 Å². The van der Waals surface area contributed by atoms with E-state index in [0.717, 1.165) is 21.8 Å². The number of carbonyl (C=O) groups excluding carboxylic acids is 1. The lowest BCUT2D eigenvalue weighted by atomic mass is 10.2. The molecule has 1 saturated heterocycles. The summed E-state index contributed by atoms with van der Waals surface area (Å²) in [5.41, 5.74) is 1.21. The molecule has 0 N–H and O–H groups in total. The first-order chi connectivity index (χ1) is 14.6. The van der Waals surface area contributed by atoms with Gasteiger partial charge < -0.3 is 4.42 Å². The number of carbonyl (C=O) groups is 1. The molecule has 1 fully saturated rings. The number of hydrogen-bond donors (Lipinski definition) is 0. The highest BCUT2D eigenvalue weighted by molar-refractivity contribution is 9.10.